The van der Waals surface area contributed by atoms with Crippen LogP contribution in [0.2, 0.25) is 4.34 Å². The summed E-state index contributed by atoms with van der Waals surface area (Å²) in [6.07, 6.45) is 0. The third-order valence-corrected chi connectivity index (χ3v) is 7.41. The number of ether oxygens (including phenoxy) is 1. The summed E-state index contributed by atoms with van der Waals surface area (Å²) in [5.41, 5.74) is 2.16. The lowest BCUT2D eigenvalue weighted by atomic mass is 10.1. The Morgan fingerprint density at radius 2 is 1.70 bits per heavy atom. The predicted octanol–water partition coefficient (Wildman–Crippen LogP) is 3.23. The maximum Gasteiger partial charge on any atom is 0.254 e. The number of carbonyl (C=O) groups is 2. The molecule has 0 atom stereocenters. The molecule has 5 rings (SSSR count). The number of para-hydroxylation sites is 1. The number of benzene rings is 1. The van der Waals surface area contributed by atoms with Gasteiger partial charge in [-0.1, -0.05) is 29.8 Å². The van der Waals surface area contributed by atoms with Crippen molar-refractivity contribution in [3.63, 3.8) is 0 Å². The fourth-order valence-electron chi connectivity index (χ4n) is 4.31. The predicted molar refractivity (Wildman–Crippen MR) is 130 cm³/mol. The number of fused-ring (bicyclic) bond motifs is 1. The number of halogens is 1. The van der Waals surface area contributed by atoms with E-state index in [2.05, 4.69) is 4.90 Å². The molecule has 0 spiro atoms. The van der Waals surface area contributed by atoms with Crippen LogP contribution in [0.5, 0.6) is 0 Å². The molecule has 0 radical (unpaired) electrons. The number of nitrogens with zero attached hydrogens (tertiary/aromatic N) is 4. The summed E-state index contributed by atoms with van der Waals surface area (Å²) in [5, 5.41) is 0.833. The van der Waals surface area contributed by atoms with Crippen molar-refractivity contribution in [2.24, 2.45) is 0 Å². The zero-order valence-corrected chi connectivity index (χ0v) is 19.8. The van der Waals surface area contributed by atoms with E-state index in [0.29, 0.717) is 55.8 Å². The molecular formula is C24H25ClN4O3S. The number of pyridine rings is 1. The molecule has 172 valence electrons. The van der Waals surface area contributed by atoms with Gasteiger partial charge in [-0.25, -0.2) is 4.98 Å². The lowest BCUT2D eigenvalue weighted by Gasteiger charge is -2.36. The molecule has 4 heterocycles. The lowest BCUT2D eigenvalue weighted by molar-refractivity contribution is -0.134. The van der Waals surface area contributed by atoms with Gasteiger partial charge >= 0.3 is 0 Å². The zero-order valence-electron chi connectivity index (χ0n) is 18.2. The second kappa shape index (κ2) is 9.77. The highest BCUT2D eigenvalue weighted by atomic mass is 35.5. The van der Waals surface area contributed by atoms with E-state index in [1.165, 1.54) is 11.3 Å². The quantitative estimate of drug-likeness (QED) is 0.569. The van der Waals surface area contributed by atoms with E-state index in [4.69, 9.17) is 21.3 Å². The number of thiophene rings is 1. The third kappa shape index (κ3) is 4.89. The van der Waals surface area contributed by atoms with Crippen LogP contribution >= 0.6 is 22.9 Å². The molecule has 2 amide bonds. The molecule has 0 N–H and O–H groups in total. The first-order valence-corrected chi connectivity index (χ1v) is 12.3. The minimum absolute atomic E-state index is 0.0298. The largest absolute Gasteiger partial charge is 0.379 e. The van der Waals surface area contributed by atoms with Crippen LogP contribution in [0.25, 0.3) is 21.5 Å². The van der Waals surface area contributed by atoms with Gasteiger partial charge in [0, 0.05) is 44.7 Å². The highest BCUT2D eigenvalue weighted by Crippen LogP contribution is 2.32. The highest BCUT2D eigenvalue weighted by molar-refractivity contribution is 7.19. The molecule has 2 aliphatic heterocycles. The number of rotatable bonds is 4. The molecule has 2 saturated heterocycles. The number of morpholine rings is 1. The van der Waals surface area contributed by atoms with Crippen LogP contribution in [-0.4, -0.2) is 90.5 Å². The van der Waals surface area contributed by atoms with Gasteiger partial charge in [0.1, 0.15) is 0 Å². The summed E-state index contributed by atoms with van der Waals surface area (Å²) in [6.45, 7) is 5.48. The van der Waals surface area contributed by atoms with Crippen molar-refractivity contribution in [3.8, 4) is 10.6 Å². The Kier molecular flexibility index (Phi) is 6.59. The molecule has 1 aromatic carbocycles. The van der Waals surface area contributed by atoms with Crippen molar-refractivity contribution < 1.29 is 14.3 Å². The SMILES string of the molecule is O=C(CN1CCOCC1)N1CCN(C(=O)c2cc(-c3ccc(Cl)s3)nc3ccccc23)CC1. The maximum absolute atomic E-state index is 13.5. The summed E-state index contributed by atoms with van der Waals surface area (Å²) in [7, 11) is 0. The van der Waals surface area contributed by atoms with Crippen LogP contribution in [0, 0.1) is 0 Å². The Hall–Kier alpha value is -2.52. The van der Waals surface area contributed by atoms with Crippen molar-refractivity contribution in [2.75, 3.05) is 59.0 Å². The van der Waals surface area contributed by atoms with Gasteiger partial charge in [-0.15, -0.1) is 11.3 Å². The third-order valence-electron chi connectivity index (χ3n) is 6.15. The van der Waals surface area contributed by atoms with Crippen LogP contribution in [0.3, 0.4) is 0 Å². The van der Waals surface area contributed by atoms with Crippen LogP contribution in [0.1, 0.15) is 10.4 Å². The van der Waals surface area contributed by atoms with Gasteiger partial charge in [-0.3, -0.25) is 14.5 Å². The Morgan fingerprint density at radius 3 is 2.42 bits per heavy atom. The van der Waals surface area contributed by atoms with E-state index >= 15 is 0 Å². The summed E-state index contributed by atoms with van der Waals surface area (Å²) >= 11 is 7.57. The molecule has 0 saturated carbocycles. The molecule has 0 aliphatic carbocycles. The summed E-state index contributed by atoms with van der Waals surface area (Å²) < 4.78 is 6.04. The van der Waals surface area contributed by atoms with Crippen LogP contribution in [-0.2, 0) is 9.53 Å². The van der Waals surface area contributed by atoms with Crippen LogP contribution < -0.4 is 0 Å². The summed E-state index contributed by atoms with van der Waals surface area (Å²) in [4.78, 5) is 37.8. The smallest absolute Gasteiger partial charge is 0.254 e. The van der Waals surface area contributed by atoms with E-state index < -0.39 is 0 Å². The van der Waals surface area contributed by atoms with E-state index in [-0.39, 0.29) is 11.8 Å². The minimum atomic E-state index is -0.0298. The number of aromatic nitrogens is 1. The number of amides is 2. The molecule has 2 fully saturated rings. The first-order valence-electron chi connectivity index (χ1n) is 11.1. The normalized spacial score (nSPS) is 17.5. The zero-order chi connectivity index (χ0) is 22.8. The van der Waals surface area contributed by atoms with Crippen molar-refractivity contribution in [1.29, 1.82) is 0 Å². The Bertz CT molecular complexity index is 1170. The van der Waals surface area contributed by atoms with Crippen molar-refractivity contribution >= 4 is 45.7 Å². The van der Waals surface area contributed by atoms with E-state index in [1.54, 1.807) is 0 Å². The second-order valence-corrected chi connectivity index (χ2v) is 9.95. The molecule has 0 unspecified atom stereocenters. The van der Waals surface area contributed by atoms with Crippen molar-refractivity contribution in [1.82, 2.24) is 19.7 Å². The van der Waals surface area contributed by atoms with Gasteiger partial charge in [0.2, 0.25) is 5.91 Å². The Labute approximate surface area is 201 Å². The Balaban J connectivity index is 1.31. The monoisotopic (exact) mass is 484 g/mol. The molecule has 7 nitrogen and oxygen atoms in total. The number of hydrogen-bond donors (Lipinski definition) is 0. The van der Waals surface area contributed by atoms with E-state index in [1.807, 2.05) is 52.3 Å². The lowest BCUT2D eigenvalue weighted by Crippen LogP contribution is -2.53. The topological polar surface area (TPSA) is 66.0 Å². The van der Waals surface area contributed by atoms with Gasteiger partial charge in [0.15, 0.2) is 0 Å². The van der Waals surface area contributed by atoms with Gasteiger partial charge < -0.3 is 14.5 Å². The van der Waals surface area contributed by atoms with Gasteiger partial charge in [0.25, 0.3) is 5.91 Å². The molecule has 9 heteroatoms. The molecule has 3 aromatic rings. The first-order chi connectivity index (χ1) is 16.1. The average molecular weight is 485 g/mol. The van der Waals surface area contributed by atoms with Gasteiger partial charge in [-0.05, 0) is 24.3 Å². The fraction of sp³-hybridized carbons (Fsp3) is 0.375. The average Bonchev–Trinajstić information content (AvgIpc) is 3.30. The summed E-state index contributed by atoms with van der Waals surface area (Å²) in [5.74, 6) is 0.0907. The molecule has 2 aromatic heterocycles. The second-order valence-electron chi connectivity index (χ2n) is 8.24. The molecule has 33 heavy (non-hydrogen) atoms. The molecular weight excluding hydrogens is 460 g/mol. The number of piperazine rings is 1. The van der Waals surface area contributed by atoms with Crippen LogP contribution in [0.4, 0.5) is 0 Å². The van der Waals surface area contributed by atoms with Crippen molar-refractivity contribution in [2.45, 2.75) is 0 Å². The van der Waals surface area contributed by atoms with Crippen LogP contribution in [0.15, 0.2) is 42.5 Å². The fourth-order valence-corrected chi connectivity index (χ4v) is 5.31. The van der Waals surface area contributed by atoms with Gasteiger partial charge in [0.05, 0.1) is 45.7 Å². The minimum Gasteiger partial charge on any atom is -0.379 e. The van der Waals surface area contributed by atoms with Crippen molar-refractivity contribution in [3.05, 3.63) is 52.4 Å². The first kappa shape index (κ1) is 22.3. The number of carbonyl (C=O) groups excluding carboxylic acids is 2. The highest BCUT2D eigenvalue weighted by Gasteiger charge is 2.27. The maximum atomic E-state index is 13.5. The standard InChI is InChI=1S/C24H25ClN4O3S/c25-22-6-5-21(33-22)20-15-18(17-3-1-2-4-19(17)26-20)24(31)29-9-7-28(8-10-29)23(30)16-27-11-13-32-14-12-27/h1-6,15H,7-14,16H2. The molecule has 2 aliphatic rings. The Morgan fingerprint density at radius 1 is 0.970 bits per heavy atom. The number of hydrogen-bond acceptors (Lipinski definition) is 6. The van der Waals surface area contributed by atoms with E-state index in [9.17, 15) is 9.59 Å². The summed E-state index contributed by atoms with van der Waals surface area (Å²) in [6, 6.07) is 13.3. The van der Waals surface area contributed by atoms with E-state index in [0.717, 1.165) is 34.6 Å². The van der Waals surface area contributed by atoms with Gasteiger partial charge in [-0.2, -0.15) is 0 Å². The molecule has 0 bridgehead atoms.